The molecule has 0 amide bonds. The summed E-state index contributed by atoms with van der Waals surface area (Å²) in [5.74, 6) is 1.72. The van der Waals surface area contributed by atoms with Gasteiger partial charge in [0.15, 0.2) is 0 Å². The van der Waals surface area contributed by atoms with E-state index in [0.717, 1.165) is 23.7 Å². The van der Waals surface area contributed by atoms with E-state index in [0.29, 0.717) is 0 Å². The van der Waals surface area contributed by atoms with Crippen LogP contribution in [0.5, 0.6) is 11.5 Å². The van der Waals surface area contributed by atoms with Gasteiger partial charge in [0, 0.05) is 32.4 Å². The van der Waals surface area contributed by atoms with Gasteiger partial charge >= 0.3 is 0 Å². The number of nitrogens with one attached hydrogen (secondary N) is 1. The van der Waals surface area contributed by atoms with E-state index in [1.54, 1.807) is 0 Å². The van der Waals surface area contributed by atoms with E-state index in [9.17, 15) is 0 Å². The Labute approximate surface area is 114 Å². The summed E-state index contributed by atoms with van der Waals surface area (Å²) in [6.45, 7) is 0.842. The van der Waals surface area contributed by atoms with E-state index in [1.165, 1.54) is 5.56 Å². The van der Waals surface area contributed by atoms with Crippen molar-refractivity contribution in [3.05, 3.63) is 54.1 Å². The third kappa shape index (κ3) is 3.73. The molecule has 100 valence electrons. The SMILES string of the molecule is CNCc1cccc(Oc2cccc(N(C)C)c2)c1. The Bertz CT molecular complexity index is 538. The maximum atomic E-state index is 5.90. The number of ether oxygens (including phenoxy) is 1. The van der Waals surface area contributed by atoms with Crippen LogP contribution in [0.4, 0.5) is 5.69 Å². The fourth-order valence-electron chi connectivity index (χ4n) is 1.88. The lowest BCUT2D eigenvalue weighted by molar-refractivity contribution is 0.482. The summed E-state index contributed by atoms with van der Waals surface area (Å²) in [7, 11) is 5.98. The van der Waals surface area contributed by atoms with Crippen molar-refractivity contribution in [2.24, 2.45) is 0 Å². The van der Waals surface area contributed by atoms with Crippen LogP contribution in [-0.4, -0.2) is 21.1 Å². The van der Waals surface area contributed by atoms with Gasteiger partial charge in [-0.15, -0.1) is 0 Å². The molecule has 0 aliphatic rings. The molecule has 19 heavy (non-hydrogen) atoms. The molecule has 0 aliphatic heterocycles. The van der Waals surface area contributed by atoms with Crippen molar-refractivity contribution in [1.82, 2.24) is 5.32 Å². The monoisotopic (exact) mass is 256 g/mol. The molecule has 2 rings (SSSR count). The van der Waals surface area contributed by atoms with E-state index >= 15 is 0 Å². The van der Waals surface area contributed by atoms with Gasteiger partial charge in [0.1, 0.15) is 11.5 Å². The van der Waals surface area contributed by atoms with E-state index in [1.807, 2.05) is 51.5 Å². The van der Waals surface area contributed by atoms with E-state index in [4.69, 9.17) is 4.74 Å². The zero-order chi connectivity index (χ0) is 13.7. The minimum atomic E-state index is 0.842. The summed E-state index contributed by atoms with van der Waals surface area (Å²) < 4.78 is 5.90. The van der Waals surface area contributed by atoms with Crippen LogP contribution in [0, 0.1) is 0 Å². The third-order valence-corrected chi connectivity index (χ3v) is 2.85. The van der Waals surface area contributed by atoms with Crippen molar-refractivity contribution in [1.29, 1.82) is 0 Å². The maximum absolute atomic E-state index is 5.90. The Balaban J connectivity index is 2.16. The summed E-state index contributed by atoms with van der Waals surface area (Å²) in [6.07, 6.45) is 0. The van der Waals surface area contributed by atoms with Gasteiger partial charge in [-0.25, -0.2) is 0 Å². The van der Waals surface area contributed by atoms with Crippen LogP contribution in [-0.2, 0) is 6.54 Å². The third-order valence-electron chi connectivity index (χ3n) is 2.85. The number of benzene rings is 2. The zero-order valence-electron chi connectivity index (χ0n) is 11.7. The summed E-state index contributed by atoms with van der Waals surface area (Å²) in [5.41, 5.74) is 2.34. The van der Waals surface area contributed by atoms with E-state index in [2.05, 4.69) is 28.4 Å². The first-order chi connectivity index (χ1) is 9.19. The molecule has 2 aromatic rings. The van der Waals surface area contributed by atoms with Crippen molar-refractivity contribution in [3.63, 3.8) is 0 Å². The summed E-state index contributed by atoms with van der Waals surface area (Å²) in [4.78, 5) is 2.06. The molecule has 0 atom stereocenters. The first kappa shape index (κ1) is 13.4. The molecule has 0 heterocycles. The number of hydrogen-bond donors (Lipinski definition) is 1. The van der Waals surface area contributed by atoms with E-state index < -0.39 is 0 Å². The van der Waals surface area contributed by atoms with Gasteiger partial charge in [0.05, 0.1) is 0 Å². The molecule has 0 spiro atoms. The molecule has 0 unspecified atom stereocenters. The maximum Gasteiger partial charge on any atom is 0.129 e. The topological polar surface area (TPSA) is 24.5 Å². The highest BCUT2D eigenvalue weighted by molar-refractivity contribution is 5.50. The fraction of sp³-hybridized carbons (Fsp3) is 0.250. The normalized spacial score (nSPS) is 10.3. The summed E-state index contributed by atoms with van der Waals surface area (Å²) in [5, 5.41) is 3.14. The second-order valence-electron chi connectivity index (χ2n) is 4.67. The molecule has 0 aromatic heterocycles. The number of hydrogen-bond acceptors (Lipinski definition) is 3. The average Bonchev–Trinajstić information content (AvgIpc) is 2.40. The molecule has 3 nitrogen and oxygen atoms in total. The lowest BCUT2D eigenvalue weighted by Crippen LogP contribution is -2.08. The minimum Gasteiger partial charge on any atom is -0.457 e. The second-order valence-corrected chi connectivity index (χ2v) is 4.67. The van der Waals surface area contributed by atoms with Crippen LogP contribution in [0.25, 0.3) is 0 Å². The summed E-state index contributed by atoms with van der Waals surface area (Å²) >= 11 is 0. The number of nitrogens with zero attached hydrogens (tertiary/aromatic N) is 1. The van der Waals surface area contributed by atoms with Crippen LogP contribution in [0.15, 0.2) is 48.5 Å². The largest absolute Gasteiger partial charge is 0.457 e. The van der Waals surface area contributed by atoms with Gasteiger partial charge in [-0.2, -0.15) is 0 Å². The number of anilines is 1. The Hall–Kier alpha value is -2.00. The van der Waals surface area contributed by atoms with Crippen LogP contribution in [0.3, 0.4) is 0 Å². The van der Waals surface area contributed by atoms with Crippen molar-refractivity contribution in [3.8, 4) is 11.5 Å². The van der Waals surface area contributed by atoms with Crippen molar-refractivity contribution < 1.29 is 4.74 Å². The lowest BCUT2D eigenvalue weighted by atomic mass is 10.2. The summed E-state index contributed by atoms with van der Waals surface area (Å²) in [6, 6.07) is 16.2. The highest BCUT2D eigenvalue weighted by atomic mass is 16.5. The molecule has 0 radical (unpaired) electrons. The first-order valence-electron chi connectivity index (χ1n) is 6.38. The predicted octanol–water partition coefficient (Wildman–Crippen LogP) is 3.26. The molecule has 0 saturated heterocycles. The standard InChI is InChI=1S/C16H20N2O/c1-17-12-13-6-4-8-15(10-13)19-16-9-5-7-14(11-16)18(2)3/h4-11,17H,12H2,1-3H3. The van der Waals surface area contributed by atoms with Crippen LogP contribution in [0.1, 0.15) is 5.56 Å². The Morgan fingerprint density at radius 1 is 1.00 bits per heavy atom. The lowest BCUT2D eigenvalue weighted by Gasteiger charge is -2.14. The molecule has 3 heteroatoms. The van der Waals surface area contributed by atoms with Gasteiger partial charge in [-0.05, 0) is 36.9 Å². The molecule has 1 N–H and O–H groups in total. The molecule has 0 bridgehead atoms. The molecular formula is C16H20N2O. The Morgan fingerprint density at radius 3 is 2.37 bits per heavy atom. The second kappa shape index (κ2) is 6.25. The highest BCUT2D eigenvalue weighted by Gasteiger charge is 2.01. The molecule has 0 saturated carbocycles. The van der Waals surface area contributed by atoms with Gasteiger partial charge in [-0.1, -0.05) is 18.2 Å². The highest BCUT2D eigenvalue weighted by Crippen LogP contribution is 2.25. The Kier molecular flexibility index (Phi) is 4.42. The minimum absolute atomic E-state index is 0.842. The average molecular weight is 256 g/mol. The molecular weight excluding hydrogens is 236 g/mol. The van der Waals surface area contributed by atoms with Gasteiger partial charge < -0.3 is 15.0 Å². The van der Waals surface area contributed by atoms with Gasteiger partial charge in [-0.3, -0.25) is 0 Å². The Morgan fingerprint density at radius 2 is 1.68 bits per heavy atom. The first-order valence-corrected chi connectivity index (χ1v) is 6.38. The van der Waals surface area contributed by atoms with Gasteiger partial charge in [0.2, 0.25) is 0 Å². The molecule has 2 aromatic carbocycles. The smallest absolute Gasteiger partial charge is 0.129 e. The van der Waals surface area contributed by atoms with Crippen LogP contribution < -0.4 is 15.0 Å². The molecule has 0 fully saturated rings. The predicted molar refractivity (Wildman–Crippen MR) is 80.0 cm³/mol. The molecule has 0 aliphatic carbocycles. The zero-order valence-corrected chi connectivity index (χ0v) is 11.7. The quantitative estimate of drug-likeness (QED) is 0.888. The van der Waals surface area contributed by atoms with E-state index in [-0.39, 0.29) is 0 Å². The van der Waals surface area contributed by atoms with Crippen LogP contribution in [0.2, 0.25) is 0 Å². The fourth-order valence-corrected chi connectivity index (χ4v) is 1.88. The van der Waals surface area contributed by atoms with Gasteiger partial charge in [0.25, 0.3) is 0 Å². The van der Waals surface area contributed by atoms with Crippen molar-refractivity contribution >= 4 is 5.69 Å². The number of rotatable bonds is 5. The van der Waals surface area contributed by atoms with Crippen molar-refractivity contribution in [2.75, 3.05) is 26.0 Å². The van der Waals surface area contributed by atoms with Crippen LogP contribution >= 0.6 is 0 Å². The van der Waals surface area contributed by atoms with Crippen molar-refractivity contribution in [2.45, 2.75) is 6.54 Å².